The van der Waals surface area contributed by atoms with E-state index in [2.05, 4.69) is 15.3 Å². The molecule has 0 aliphatic carbocycles. The Morgan fingerprint density at radius 1 is 1.67 bits per heavy atom. The van der Waals surface area contributed by atoms with Crippen LogP contribution in [0.5, 0.6) is 0 Å². The smallest absolute Gasteiger partial charge is 0.222 e. The average Bonchev–Trinajstić information content (AvgIpc) is 2.20. The van der Waals surface area contributed by atoms with Crippen LogP contribution in [0, 0.1) is 0 Å². The van der Waals surface area contributed by atoms with Gasteiger partial charge < -0.3 is 15.8 Å². The molecule has 1 rings (SSSR count). The van der Waals surface area contributed by atoms with E-state index in [0.29, 0.717) is 24.1 Å². The number of halogens is 1. The molecule has 84 valence electrons. The summed E-state index contributed by atoms with van der Waals surface area (Å²) >= 11 is 5.89. The van der Waals surface area contributed by atoms with E-state index < -0.39 is 0 Å². The van der Waals surface area contributed by atoms with Crippen molar-refractivity contribution in [3.63, 3.8) is 0 Å². The van der Waals surface area contributed by atoms with E-state index in [1.165, 1.54) is 6.20 Å². The van der Waals surface area contributed by atoms with Crippen LogP contribution < -0.4 is 11.1 Å². The first-order valence-electron chi connectivity index (χ1n) is 4.75. The number of aromatic nitrogens is 2. The topological polar surface area (TPSA) is 73.1 Å². The molecule has 0 saturated carbocycles. The lowest BCUT2D eigenvalue weighted by molar-refractivity contribution is 0.141. The minimum Gasteiger partial charge on any atom is -0.380 e. The lowest BCUT2D eigenvalue weighted by Crippen LogP contribution is -2.22. The molecule has 0 saturated heterocycles. The van der Waals surface area contributed by atoms with E-state index >= 15 is 0 Å². The normalized spacial score (nSPS) is 12.5. The van der Waals surface area contributed by atoms with Gasteiger partial charge in [0.15, 0.2) is 5.82 Å². The van der Waals surface area contributed by atoms with Gasteiger partial charge in [-0.15, -0.1) is 0 Å². The third-order valence-corrected chi connectivity index (χ3v) is 1.99. The summed E-state index contributed by atoms with van der Waals surface area (Å²) in [4.78, 5) is 7.76. The van der Waals surface area contributed by atoms with Crippen LogP contribution in [0.2, 0.25) is 5.02 Å². The van der Waals surface area contributed by atoms with Crippen LogP contribution >= 0.6 is 11.6 Å². The van der Waals surface area contributed by atoms with E-state index in [-0.39, 0.29) is 12.0 Å². The number of hydrogen-bond acceptors (Lipinski definition) is 5. The minimum atomic E-state index is 0.122. The van der Waals surface area contributed by atoms with Crippen LogP contribution in [-0.2, 0) is 4.74 Å². The monoisotopic (exact) mass is 230 g/mol. The predicted molar refractivity (Wildman–Crippen MR) is 61.0 cm³/mol. The summed E-state index contributed by atoms with van der Waals surface area (Å²) in [6.07, 6.45) is 1.47. The van der Waals surface area contributed by atoms with Gasteiger partial charge in [0.05, 0.1) is 12.8 Å². The molecular formula is C9H15ClN4O. The molecule has 1 heterocycles. The average molecular weight is 231 g/mol. The van der Waals surface area contributed by atoms with E-state index in [4.69, 9.17) is 22.1 Å². The largest absolute Gasteiger partial charge is 0.380 e. The first-order valence-corrected chi connectivity index (χ1v) is 5.13. The van der Waals surface area contributed by atoms with Gasteiger partial charge in [0, 0.05) is 12.6 Å². The molecule has 0 aliphatic rings. The Balaban J connectivity index is 2.59. The highest BCUT2D eigenvalue weighted by molar-refractivity contribution is 6.32. The van der Waals surface area contributed by atoms with Crippen molar-refractivity contribution in [3.8, 4) is 0 Å². The van der Waals surface area contributed by atoms with E-state index in [1.807, 2.05) is 13.8 Å². The molecular weight excluding hydrogens is 216 g/mol. The van der Waals surface area contributed by atoms with Crippen molar-refractivity contribution < 1.29 is 4.74 Å². The predicted octanol–water partition coefficient (Wildman–Crippen LogP) is 1.55. The molecule has 0 fully saturated rings. The molecule has 1 aromatic rings. The van der Waals surface area contributed by atoms with Gasteiger partial charge >= 0.3 is 0 Å². The first-order chi connectivity index (χ1) is 7.13. The molecule has 1 unspecified atom stereocenters. The Kier molecular flexibility index (Phi) is 4.58. The molecule has 0 amide bonds. The summed E-state index contributed by atoms with van der Waals surface area (Å²) in [6.45, 7) is 5.20. The van der Waals surface area contributed by atoms with E-state index in [1.54, 1.807) is 0 Å². The fourth-order valence-corrected chi connectivity index (χ4v) is 1.20. The fraction of sp³-hybridized carbons (Fsp3) is 0.556. The summed E-state index contributed by atoms with van der Waals surface area (Å²) in [5, 5.41) is 3.55. The van der Waals surface area contributed by atoms with Gasteiger partial charge in [-0.05, 0) is 13.8 Å². The maximum atomic E-state index is 5.89. The van der Waals surface area contributed by atoms with Crippen molar-refractivity contribution in [2.45, 2.75) is 19.9 Å². The summed E-state index contributed by atoms with van der Waals surface area (Å²) in [5.74, 6) is 0.738. The number of hydrogen-bond donors (Lipinski definition) is 2. The lowest BCUT2D eigenvalue weighted by atomic mass is 10.3. The highest BCUT2D eigenvalue weighted by Crippen LogP contribution is 2.18. The lowest BCUT2D eigenvalue weighted by Gasteiger charge is -2.14. The number of ether oxygens (including phenoxy) is 1. The van der Waals surface area contributed by atoms with Gasteiger partial charge in [0.2, 0.25) is 5.95 Å². The Morgan fingerprint density at radius 2 is 2.40 bits per heavy atom. The molecule has 6 heteroatoms. The molecule has 1 aromatic heterocycles. The number of nitrogen functional groups attached to an aromatic ring is 1. The molecule has 1 atom stereocenters. The van der Waals surface area contributed by atoms with Gasteiger partial charge in [-0.3, -0.25) is 0 Å². The second-order valence-corrected chi connectivity index (χ2v) is 3.54. The molecule has 15 heavy (non-hydrogen) atoms. The molecule has 0 aliphatic heterocycles. The second kappa shape index (κ2) is 5.72. The summed E-state index contributed by atoms with van der Waals surface area (Å²) in [5.41, 5.74) is 5.45. The molecule has 0 aromatic carbocycles. The van der Waals surface area contributed by atoms with Gasteiger partial charge in [0.1, 0.15) is 5.02 Å². The second-order valence-electron chi connectivity index (χ2n) is 3.13. The summed E-state index contributed by atoms with van der Waals surface area (Å²) in [6, 6.07) is 0.122. The number of rotatable bonds is 5. The van der Waals surface area contributed by atoms with Crippen molar-refractivity contribution in [1.82, 2.24) is 9.97 Å². The van der Waals surface area contributed by atoms with Crippen molar-refractivity contribution >= 4 is 23.4 Å². The van der Waals surface area contributed by atoms with Crippen LogP contribution in [0.4, 0.5) is 11.8 Å². The number of nitrogens with one attached hydrogen (secondary N) is 1. The third kappa shape index (κ3) is 3.89. The Labute approximate surface area is 94.0 Å². The maximum Gasteiger partial charge on any atom is 0.222 e. The zero-order chi connectivity index (χ0) is 11.3. The van der Waals surface area contributed by atoms with Gasteiger partial charge in [-0.2, -0.15) is 4.98 Å². The van der Waals surface area contributed by atoms with E-state index in [9.17, 15) is 0 Å². The number of nitrogens with zero attached hydrogens (tertiary/aromatic N) is 2. The van der Waals surface area contributed by atoms with Crippen molar-refractivity contribution in [1.29, 1.82) is 0 Å². The maximum absolute atomic E-state index is 5.89. The van der Waals surface area contributed by atoms with Crippen LogP contribution in [0.3, 0.4) is 0 Å². The van der Waals surface area contributed by atoms with Crippen molar-refractivity contribution in [2.24, 2.45) is 0 Å². The van der Waals surface area contributed by atoms with Crippen LogP contribution in [0.1, 0.15) is 13.8 Å². The number of nitrogens with two attached hydrogens (primary N) is 1. The Morgan fingerprint density at radius 3 is 3.07 bits per heavy atom. The van der Waals surface area contributed by atoms with Crippen LogP contribution in [0.25, 0.3) is 0 Å². The third-order valence-electron chi connectivity index (χ3n) is 1.72. The van der Waals surface area contributed by atoms with Gasteiger partial charge in [-0.1, -0.05) is 11.6 Å². The number of anilines is 2. The summed E-state index contributed by atoms with van der Waals surface area (Å²) < 4.78 is 5.26. The molecule has 3 N–H and O–H groups in total. The van der Waals surface area contributed by atoms with Crippen LogP contribution in [-0.4, -0.2) is 29.2 Å². The van der Waals surface area contributed by atoms with Gasteiger partial charge in [-0.25, -0.2) is 4.98 Å². The van der Waals surface area contributed by atoms with Gasteiger partial charge in [0.25, 0.3) is 0 Å². The fourth-order valence-electron chi connectivity index (χ4n) is 1.05. The SMILES string of the molecule is CCOCC(C)Nc1nc(N)ncc1Cl. The first kappa shape index (κ1) is 12.0. The highest BCUT2D eigenvalue weighted by atomic mass is 35.5. The zero-order valence-electron chi connectivity index (χ0n) is 8.83. The van der Waals surface area contributed by atoms with E-state index in [0.717, 1.165) is 0 Å². The highest BCUT2D eigenvalue weighted by Gasteiger charge is 2.07. The molecule has 0 spiro atoms. The molecule has 0 radical (unpaired) electrons. The Bertz CT molecular complexity index is 321. The summed E-state index contributed by atoms with van der Waals surface area (Å²) in [7, 11) is 0. The van der Waals surface area contributed by atoms with Crippen molar-refractivity contribution in [2.75, 3.05) is 24.3 Å². The van der Waals surface area contributed by atoms with Crippen LogP contribution in [0.15, 0.2) is 6.20 Å². The minimum absolute atomic E-state index is 0.122. The standard InChI is InChI=1S/C9H15ClN4O/c1-3-15-5-6(2)13-8-7(10)4-12-9(11)14-8/h4,6H,3,5H2,1-2H3,(H3,11,12,13,14). The molecule has 5 nitrogen and oxygen atoms in total. The quantitative estimate of drug-likeness (QED) is 0.803. The van der Waals surface area contributed by atoms with Crippen molar-refractivity contribution in [3.05, 3.63) is 11.2 Å². The Hall–Kier alpha value is -1.07. The zero-order valence-corrected chi connectivity index (χ0v) is 9.58. The molecule has 0 bridgehead atoms.